The number of hydrogen-bond acceptors (Lipinski definition) is 5. The van der Waals surface area contributed by atoms with Crippen LogP contribution in [0.1, 0.15) is 18.5 Å². The third-order valence-corrected chi connectivity index (χ3v) is 5.33. The lowest BCUT2D eigenvalue weighted by Crippen LogP contribution is -2.19. The summed E-state index contributed by atoms with van der Waals surface area (Å²) in [5.74, 6) is 0.517. The van der Waals surface area contributed by atoms with Crippen LogP contribution in [0.4, 0.5) is 5.82 Å². The molecule has 0 unspecified atom stereocenters. The molecule has 0 saturated heterocycles. The van der Waals surface area contributed by atoms with Gasteiger partial charge in [0.2, 0.25) is 0 Å². The Labute approximate surface area is 150 Å². The second kappa shape index (κ2) is 5.78. The average molecular weight is 344 g/mol. The second-order valence-electron chi connectivity index (χ2n) is 6.93. The van der Waals surface area contributed by atoms with Gasteiger partial charge in [-0.25, -0.2) is 9.97 Å². The Bertz CT molecular complexity index is 1130. The van der Waals surface area contributed by atoms with Crippen molar-refractivity contribution in [3.8, 4) is 11.1 Å². The summed E-state index contributed by atoms with van der Waals surface area (Å²) in [6, 6.07) is 10.5. The van der Waals surface area contributed by atoms with E-state index in [0.717, 1.165) is 58.9 Å². The lowest BCUT2D eigenvalue weighted by atomic mass is 9.99. The maximum absolute atomic E-state index is 6.28. The van der Waals surface area contributed by atoms with E-state index >= 15 is 0 Å². The fourth-order valence-electron chi connectivity index (χ4n) is 4.02. The molecule has 130 valence electrons. The highest BCUT2D eigenvalue weighted by Gasteiger charge is 2.25. The van der Waals surface area contributed by atoms with Crippen LogP contribution in [-0.2, 0) is 13.0 Å². The van der Waals surface area contributed by atoms with Crippen LogP contribution < -0.4 is 11.5 Å². The molecule has 0 radical (unpaired) electrons. The zero-order valence-electron chi connectivity index (χ0n) is 14.4. The predicted molar refractivity (Wildman–Crippen MR) is 104 cm³/mol. The van der Waals surface area contributed by atoms with E-state index in [1.54, 1.807) is 0 Å². The minimum Gasteiger partial charge on any atom is -0.383 e. The van der Waals surface area contributed by atoms with Gasteiger partial charge in [-0.2, -0.15) is 0 Å². The molecule has 6 nitrogen and oxygen atoms in total. The summed E-state index contributed by atoms with van der Waals surface area (Å²) in [5.41, 5.74) is 17.8. The minimum absolute atomic E-state index is 0.215. The van der Waals surface area contributed by atoms with Crippen molar-refractivity contribution < 1.29 is 0 Å². The fraction of sp³-hybridized carbons (Fsp3) is 0.250. The second-order valence-corrected chi connectivity index (χ2v) is 6.93. The van der Waals surface area contributed by atoms with Crippen LogP contribution in [0.5, 0.6) is 0 Å². The zero-order chi connectivity index (χ0) is 17.7. The highest BCUT2D eigenvalue weighted by atomic mass is 15.1. The highest BCUT2D eigenvalue weighted by molar-refractivity contribution is 6.03. The summed E-state index contributed by atoms with van der Waals surface area (Å²) in [6.45, 7) is 0.852. The zero-order valence-corrected chi connectivity index (χ0v) is 14.4. The molecule has 1 aliphatic heterocycles. The topological polar surface area (TPSA) is 95.6 Å². The summed E-state index contributed by atoms with van der Waals surface area (Å²) in [4.78, 5) is 13.4. The number of hydrogen-bond donors (Lipinski definition) is 2. The molecule has 1 atom stereocenters. The van der Waals surface area contributed by atoms with Gasteiger partial charge in [-0.3, -0.25) is 4.98 Å². The number of para-hydroxylation sites is 1. The number of nitrogens with two attached hydrogens (primary N) is 2. The lowest BCUT2D eigenvalue weighted by molar-refractivity contribution is 0.559. The van der Waals surface area contributed by atoms with Crippen LogP contribution in [0.15, 0.2) is 42.9 Å². The molecule has 5 rings (SSSR count). The number of aryl methyl sites for hydroxylation is 1. The molecule has 0 spiro atoms. The fourth-order valence-corrected chi connectivity index (χ4v) is 4.02. The van der Waals surface area contributed by atoms with E-state index in [4.69, 9.17) is 11.5 Å². The van der Waals surface area contributed by atoms with Gasteiger partial charge in [-0.1, -0.05) is 18.2 Å². The van der Waals surface area contributed by atoms with Crippen molar-refractivity contribution in [2.45, 2.75) is 31.8 Å². The van der Waals surface area contributed by atoms with E-state index in [-0.39, 0.29) is 6.04 Å². The van der Waals surface area contributed by atoms with Gasteiger partial charge in [0.05, 0.1) is 10.9 Å². The van der Waals surface area contributed by atoms with Crippen LogP contribution in [0.3, 0.4) is 0 Å². The van der Waals surface area contributed by atoms with Crippen molar-refractivity contribution in [2.75, 3.05) is 5.73 Å². The first kappa shape index (κ1) is 15.3. The minimum atomic E-state index is 0.215. The van der Waals surface area contributed by atoms with Gasteiger partial charge in [-0.05, 0) is 31.4 Å². The van der Waals surface area contributed by atoms with E-state index in [1.807, 2.05) is 24.4 Å². The molecule has 1 aromatic carbocycles. The molecule has 0 fully saturated rings. The molecule has 4 N–H and O–H groups in total. The Morgan fingerprint density at radius 3 is 2.88 bits per heavy atom. The Kier molecular flexibility index (Phi) is 3.39. The van der Waals surface area contributed by atoms with Crippen LogP contribution in [0.25, 0.3) is 33.1 Å². The molecule has 4 aromatic rings. The Hall–Kier alpha value is -2.99. The average Bonchev–Trinajstić information content (AvgIpc) is 2.86. The molecular formula is C20H20N6. The molecule has 3 aromatic heterocycles. The molecular weight excluding hydrogens is 324 g/mol. The molecule has 0 amide bonds. The standard InChI is InChI=1S/C20H20N6/c21-14-5-6-16-17(13-9-12-3-1-2-4-15(12)23-10-13)18-19(22)24-11-25-20(18)26(16)8-7-14/h1-4,9-11,14H,5-8,21H2,(H2,22,24,25)/t14-/m0/s1. The predicted octanol–water partition coefficient (Wildman–Crippen LogP) is 2.89. The molecule has 26 heavy (non-hydrogen) atoms. The Balaban J connectivity index is 1.83. The molecule has 4 heterocycles. The lowest BCUT2D eigenvalue weighted by Gasteiger charge is -2.08. The third-order valence-electron chi connectivity index (χ3n) is 5.33. The van der Waals surface area contributed by atoms with Gasteiger partial charge in [0, 0.05) is 41.0 Å². The first-order chi connectivity index (χ1) is 12.7. The summed E-state index contributed by atoms with van der Waals surface area (Å²) in [7, 11) is 0. The molecule has 0 aliphatic carbocycles. The summed E-state index contributed by atoms with van der Waals surface area (Å²) >= 11 is 0. The molecule has 0 saturated carbocycles. The largest absolute Gasteiger partial charge is 0.383 e. The van der Waals surface area contributed by atoms with Gasteiger partial charge < -0.3 is 16.0 Å². The number of aromatic nitrogens is 4. The van der Waals surface area contributed by atoms with Crippen molar-refractivity contribution in [1.29, 1.82) is 0 Å². The Morgan fingerprint density at radius 1 is 1.08 bits per heavy atom. The maximum atomic E-state index is 6.28. The smallest absolute Gasteiger partial charge is 0.146 e. The highest BCUT2D eigenvalue weighted by Crippen LogP contribution is 2.39. The van der Waals surface area contributed by atoms with Crippen LogP contribution in [0, 0.1) is 0 Å². The van der Waals surface area contributed by atoms with E-state index in [9.17, 15) is 0 Å². The van der Waals surface area contributed by atoms with Crippen LogP contribution >= 0.6 is 0 Å². The number of pyridine rings is 1. The number of fused-ring (bicyclic) bond motifs is 4. The van der Waals surface area contributed by atoms with Gasteiger partial charge in [0.15, 0.2) is 0 Å². The normalized spacial score (nSPS) is 17.3. The van der Waals surface area contributed by atoms with E-state index in [2.05, 4.69) is 31.7 Å². The SMILES string of the molecule is Nc1ncnc2c1c(-c1cnc3ccccc3c1)c1n2CC[C@@H](N)CC1. The number of anilines is 1. The first-order valence-corrected chi connectivity index (χ1v) is 8.94. The van der Waals surface area contributed by atoms with Crippen molar-refractivity contribution in [1.82, 2.24) is 19.5 Å². The van der Waals surface area contributed by atoms with Gasteiger partial charge >= 0.3 is 0 Å². The van der Waals surface area contributed by atoms with Crippen LogP contribution in [-0.4, -0.2) is 25.6 Å². The van der Waals surface area contributed by atoms with Gasteiger partial charge in [0.1, 0.15) is 17.8 Å². The summed E-state index contributed by atoms with van der Waals surface area (Å²) < 4.78 is 2.27. The summed E-state index contributed by atoms with van der Waals surface area (Å²) in [6.07, 6.45) is 6.26. The summed E-state index contributed by atoms with van der Waals surface area (Å²) in [5, 5.41) is 2.04. The molecule has 1 aliphatic rings. The quantitative estimate of drug-likeness (QED) is 0.553. The number of nitrogen functional groups attached to an aromatic ring is 1. The monoisotopic (exact) mass is 344 g/mol. The Morgan fingerprint density at radius 2 is 1.96 bits per heavy atom. The number of nitrogens with zero attached hydrogens (tertiary/aromatic N) is 4. The third kappa shape index (κ3) is 2.26. The van der Waals surface area contributed by atoms with Crippen molar-refractivity contribution in [2.24, 2.45) is 5.73 Å². The molecule has 0 bridgehead atoms. The first-order valence-electron chi connectivity index (χ1n) is 8.94. The van der Waals surface area contributed by atoms with Crippen molar-refractivity contribution in [3.05, 3.63) is 48.5 Å². The van der Waals surface area contributed by atoms with E-state index in [0.29, 0.717) is 5.82 Å². The number of rotatable bonds is 1. The van der Waals surface area contributed by atoms with Gasteiger partial charge in [-0.15, -0.1) is 0 Å². The molecule has 6 heteroatoms. The van der Waals surface area contributed by atoms with Crippen molar-refractivity contribution >= 4 is 27.8 Å². The van der Waals surface area contributed by atoms with Crippen LogP contribution in [0.2, 0.25) is 0 Å². The van der Waals surface area contributed by atoms with E-state index in [1.165, 1.54) is 12.0 Å². The number of benzene rings is 1. The van der Waals surface area contributed by atoms with Crippen molar-refractivity contribution in [3.63, 3.8) is 0 Å². The maximum Gasteiger partial charge on any atom is 0.146 e. The van der Waals surface area contributed by atoms with E-state index < -0.39 is 0 Å². The van der Waals surface area contributed by atoms with Gasteiger partial charge in [0.25, 0.3) is 0 Å².